The van der Waals surface area contributed by atoms with Crippen LogP contribution < -0.4 is 16.0 Å². The Hall–Kier alpha value is -2.68. The third kappa shape index (κ3) is 3.55. The molecule has 0 bridgehead atoms. The van der Waals surface area contributed by atoms with E-state index < -0.39 is 5.54 Å². The zero-order valence-corrected chi connectivity index (χ0v) is 14.4. The van der Waals surface area contributed by atoms with Crippen molar-refractivity contribution in [2.75, 3.05) is 13.6 Å². The van der Waals surface area contributed by atoms with E-state index in [1.54, 1.807) is 30.1 Å². The number of nitrogens with zero attached hydrogens (tertiary/aromatic N) is 3. The van der Waals surface area contributed by atoms with Crippen molar-refractivity contribution < 1.29 is 14.0 Å². The van der Waals surface area contributed by atoms with Gasteiger partial charge in [-0.15, -0.1) is 5.10 Å². The number of aromatic nitrogens is 3. The van der Waals surface area contributed by atoms with E-state index in [0.29, 0.717) is 18.7 Å². The molecule has 3 rings (SSSR count). The average molecular weight is 346 g/mol. The van der Waals surface area contributed by atoms with Gasteiger partial charge in [-0.3, -0.25) is 9.59 Å². The molecule has 3 N–H and O–H groups in total. The van der Waals surface area contributed by atoms with Crippen LogP contribution in [0.1, 0.15) is 42.6 Å². The van der Waals surface area contributed by atoms with Crippen LogP contribution in [0.25, 0.3) is 0 Å². The summed E-state index contributed by atoms with van der Waals surface area (Å²) in [4.78, 5) is 23.9. The molecule has 2 atom stereocenters. The molecule has 0 radical (unpaired) electrons. The molecule has 1 fully saturated rings. The molecule has 3 heterocycles. The molecule has 0 unspecified atom stereocenters. The number of carbonyl (C=O) groups excluding carboxylic acids is 2. The van der Waals surface area contributed by atoms with Gasteiger partial charge in [0, 0.05) is 13.6 Å². The number of hydrogen-bond acceptors (Lipinski definition) is 6. The normalized spacial score (nSPS) is 20.4. The molecule has 134 valence electrons. The van der Waals surface area contributed by atoms with Gasteiger partial charge >= 0.3 is 0 Å². The minimum absolute atomic E-state index is 0.0334. The number of amides is 2. The van der Waals surface area contributed by atoms with E-state index in [4.69, 9.17) is 4.42 Å². The molecule has 0 saturated carbocycles. The predicted molar refractivity (Wildman–Crippen MR) is 88.7 cm³/mol. The molecule has 0 spiro atoms. The maximum Gasteiger partial charge on any atom is 0.287 e. The van der Waals surface area contributed by atoms with Gasteiger partial charge in [-0.1, -0.05) is 5.21 Å². The third-order valence-electron chi connectivity index (χ3n) is 4.37. The summed E-state index contributed by atoms with van der Waals surface area (Å²) in [6, 6.07) is 3.08. The van der Waals surface area contributed by atoms with E-state index in [9.17, 15) is 9.59 Å². The second kappa shape index (κ2) is 6.67. The first-order valence-electron chi connectivity index (χ1n) is 8.14. The first-order chi connectivity index (χ1) is 11.9. The maximum absolute atomic E-state index is 12.2. The van der Waals surface area contributed by atoms with Gasteiger partial charge in [0.05, 0.1) is 30.1 Å². The molecule has 1 saturated heterocycles. The predicted octanol–water partition coefficient (Wildman–Crippen LogP) is 0.185. The van der Waals surface area contributed by atoms with Crippen LogP contribution in [0.4, 0.5) is 0 Å². The highest BCUT2D eigenvalue weighted by Crippen LogP contribution is 2.23. The summed E-state index contributed by atoms with van der Waals surface area (Å²) < 4.78 is 6.85. The van der Waals surface area contributed by atoms with Crippen molar-refractivity contribution in [1.29, 1.82) is 0 Å². The van der Waals surface area contributed by atoms with Gasteiger partial charge in [-0.05, 0) is 32.4 Å². The largest absolute Gasteiger partial charge is 0.459 e. The SMILES string of the molecule is CNC(=O)[C@@H]1C[C@H](n2cc(C(C)(C)NC(=O)c3ccco3)nn2)CN1. The number of carbonyl (C=O) groups is 2. The molecular weight excluding hydrogens is 324 g/mol. The molecule has 2 amide bonds. The molecule has 0 aromatic carbocycles. The van der Waals surface area contributed by atoms with Crippen LogP contribution in [0.2, 0.25) is 0 Å². The van der Waals surface area contributed by atoms with Gasteiger partial charge in [-0.25, -0.2) is 4.68 Å². The fourth-order valence-electron chi connectivity index (χ4n) is 2.85. The fraction of sp³-hybridized carbons (Fsp3) is 0.500. The Bertz CT molecular complexity index is 752. The average Bonchev–Trinajstić information content (AvgIpc) is 3.34. The molecule has 1 aliphatic heterocycles. The number of likely N-dealkylation sites (N-methyl/N-ethyl adjacent to an activating group) is 1. The molecule has 25 heavy (non-hydrogen) atoms. The quantitative estimate of drug-likeness (QED) is 0.712. The molecule has 0 aliphatic carbocycles. The summed E-state index contributed by atoms with van der Waals surface area (Å²) in [7, 11) is 1.62. The summed E-state index contributed by atoms with van der Waals surface area (Å²) in [5, 5.41) is 17.1. The number of rotatable bonds is 5. The Morgan fingerprint density at radius 2 is 2.24 bits per heavy atom. The molecular formula is C16H22N6O3. The van der Waals surface area contributed by atoms with Gasteiger partial charge in [0.2, 0.25) is 5.91 Å². The minimum Gasteiger partial charge on any atom is -0.459 e. The second-order valence-electron chi connectivity index (χ2n) is 6.60. The van der Waals surface area contributed by atoms with E-state index in [-0.39, 0.29) is 29.7 Å². The van der Waals surface area contributed by atoms with Crippen LogP contribution in [0.5, 0.6) is 0 Å². The van der Waals surface area contributed by atoms with Crippen LogP contribution >= 0.6 is 0 Å². The second-order valence-corrected chi connectivity index (χ2v) is 6.60. The third-order valence-corrected chi connectivity index (χ3v) is 4.37. The van der Waals surface area contributed by atoms with Crippen LogP contribution in [0.3, 0.4) is 0 Å². The van der Waals surface area contributed by atoms with Crippen molar-refractivity contribution in [3.05, 3.63) is 36.0 Å². The van der Waals surface area contributed by atoms with E-state index >= 15 is 0 Å². The van der Waals surface area contributed by atoms with Crippen LogP contribution in [-0.4, -0.2) is 46.4 Å². The lowest BCUT2D eigenvalue weighted by Gasteiger charge is -2.23. The first-order valence-corrected chi connectivity index (χ1v) is 8.14. The lowest BCUT2D eigenvalue weighted by atomic mass is 10.0. The van der Waals surface area contributed by atoms with Crippen LogP contribution in [0.15, 0.2) is 29.0 Å². The van der Waals surface area contributed by atoms with Crippen LogP contribution in [-0.2, 0) is 10.3 Å². The summed E-state index contributed by atoms with van der Waals surface area (Å²) in [6.07, 6.45) is 3.90. The standard InChI is InChI=1S/C16H22N6O3/c1-16(2,19-15(24)12-5-4-6-25-12)13-9-22(21-20-13)10-7-11(18-8-10)14(23)17-3/h4-6,9-11,18H,7-8H2,1-3H3,(H,17,23)(H,19,24)/t10-,11-/m0/s1. The lowest BCUT2D eigenvalue weighted by molar-refractivity contribution is -0.122. The summed E-state index contributed by atoms with van der Waals surface area (Å²) >= 11 is 0. The van der Waals surface area contributed by atoms with Gasteiger partial charge in [0.1, 0.15) is 5.69 Å². The van der Waals surface area contributed by atoms with Crippen molar-refractivity contribution in [1.82, 2.24) is 30.9 Å². The summed E-state index contributed by atoms with van der Waals surface area (Å²) in [6.45, 7) is 4.34. The molecule has 2 aromatic rings. The van der Waals surface area contributed by atoms with E-state index in [1.807, 2.05) is 13.8 Å². The van der Waals surface area contributed by atoms with E-state index in [1.165, 1.54) is 6.26 Å². The summed E-state index contributed by atoms with van der Waals surface area (Å²) in [5.41, 5.74) is -0.0789. The monoisotopic (exact) mass is 346 g/mol. The highest BCUT2D eigenvalue weighted by Gasteiger charge is 2.33. The number of nitrogens with one attached hydrogen (secondary N) is 3. The zero-order valence-electron chi connectivity index (χ0n) is 14.4. The molecule has 9 nitrogen and oxygen atoms in total. The van der Waals surface area contributed by atoms with Gasteiger partial charge in [-0.2, -0.15) is 0 Å². The maximum atomic E-state index is 12.2. The highest BCUT2D eigenvalue weighted by molar-refractivity contribution is 5.91. The Kier molecular flexibility index (Phi) is 4.58. The van der Waals surface area contributed by atoms with E-state index in [2.05, 4.69) is 26.3 Å². The lowest BCUT2D eigenvalue weighted by Crippen LogP contribution is -2.41. The van der Waals surface area contributed by atoms with Crippen molar-refractivity contribution in [3.63, 3.8) is 0 Å². The first kappa shape index (κ1) is 17.2. The number of hydrogen-bond donors (Lipinski definition) is 3. The summed E-state index contributed by atoms with van der Waals surface area (Å²) in [5.74, 6) is -0.102. The molecule has 9 heteroatoms. The van der Waals surface area contributed by atoms with Gasteiger partial charge in [0.25, 0.3) is 5.91 Å². The fourth-order valence-corrected chi connectivity index (χ4v) is 2.85. The van der Waals surface area contributed by atoms with Gasteiger partial charge < -0.3 is 20.4 Å². The number of furan rings is 1. The van der Waals surface area contributed by atoms with Crippen molar-refractivity contribution in [3.8, 4) is 0 Å². The van der Waals surface area contributed by atoms with Crippen LogP contribution in [0, 0.1) is 0 Å². The van der Waals surface area contributed by atoms with Crippen molar-refractivity contribution in [2.24, 2.45) is 0 Å². The smallest absolute Gasteiger partial charge is 0.287 e. The van der Waals surface area contributed by atoms with Crippen molar-refractivity contribution >= 4 is 11.8 Å². The Morgan fingerprint density at radius 3 is 2.92 bits per heavy atom. The topological polar surface area (TPSA) is 114 Å². The molecule has 1 aliphatic rings. The molecule has 2 aromatic heterocycles. The minimum atomic E-state index is -0.714. The Labute approximate surface area is 145 Å². The Morgan fingerprint density at radius 1 is 1.44 bits per heavy atom. The Balaban J connectivity index is 1.68. The zero-order chi connectivity index (χ0) is 18.0. The van der Waals surface area contributed by atoms with Crippen molar-refractivity contribution in [2.45, 2.75) is 37.9 Å². The van der Waals surface area contributed by atoms with Gasteiger partial charge in [0.15, 0.2) is 5.76 Å². The van der Waals surface area contributed by atoms with E-state index in [0.717, 1.165) is 0 Å². The highest BCUT2D eigenvalue weighted by atomic mass is 16.3.